The first kappa shape index (κ1) is 16.3. The molecule has 2 heterocycles. The number of aliphatic hydroxyl groups excluding tert-OH is 1. The normalized spacial score (nSPS) is 20.5. The van der Waals surface area contributed by atoms with Gasteiger partial charge in [-0.2, -0.15) is 13.2 Å². The van der Waals surface area contributed by atoms with Gasteiger partial charge < -0.3 is 10.4 Å². The number of hydrogen-bond acceptors (Lipinski definition) is 5. The van der Waals surface area contributed by atoms with Crippen LogP contribution in [0, 0.1) is 0 Å². The fourth-order valence-corrected chi connectivity index (χ4v) is 2.57. The molecule has 0 aromatic carbocycles. The van der Waals surface area contributed by atoms with Gasteiger partial charge in [-0.25, -0.2) is 0 Å². The van der Waals surface area contributed by atoms with E-state index in [4.69, 9.17) is 16.7 Å². The van der Waals surface area contributed by atoms with Gasteiger partial charge in [0.2, 0.25) is 0 Å². The van der Waals surface area contributed by atoms with Gasteiger partial charge in [-0.05, 0) is 25.5 Å². The Hall–Kier alpha value is -1.12. The van der Waals surface area contributed by atoms with E-state index in [-0.39, 0.29) is 18.5 Å². The van der Waals surface area contributed by atoms with Crippen LogP contribution in [-0.4, -0.2) is 52.5 Å². The Morgan fingerprint density at radius 3 is 2.86 bits per heavy atom. The molecular formula is C12H16ClF3N4O. The van der Waals surface area contributed by atoms with Crippen molar-refractivity contribution in [3.8, 4) is 0 Å². The van der Waals surface area contributed by atoms with Crippen molar-refractivity contribution in [2.24, 2.45) is 0 Å². The van der Waals surface area contributed by atoms with E-state index in [9.17, 15) is 13.2 Å². The van der Waals surface area contributed by atoms with Crippen molar-refractivity contribution in [3.05, 3.63) is 16.8 Å². The Bertz CT molecular complexity index is 484. The van der Waals surface area contributed by atoms with Crippen LogP contribution < -0.4 is 5.32 Å². The summed E-state index contributed by atoms with van der Waals surface area (Å²) in [4.78, 5) is 2.05. The molecule has 2 N–H and O–H groups in total. The minimum Gasteiger partial charge on any atom is -0.395 e. The number of hydrogen-bond donors (Lipinski definition) is 2. The molecule has 1 atom stereocenters. The van der Waals surface area contributed by atoms with E-state index in [1.54, 1.807) is 0 Å². The molecule has 118 valence electrons. The average molecular weight is 325 g/mol. The fourth-order valence-electron chi connectivity index (χ4n) is 2.37. The number of anilines is 1. The summed E-state index contributed by atoms with van der Waals surface area (Å²) < 4.78 is 38.3. The molecule has 1 aliphatic heterocycles. The lowest BCUT2D eigenvalue weighted by atomic mass is 10.1. The van der Waals surface area contributed by atoms with Gasteiger partial charge in [0.1, 0.15) is 5.82 Å². The first-order valence-electron chi connectivity index (χ1n) is 6.60. The average Bonchev–Trinajstić information content (AvgIpc) is 2.40. The molecule has 0 saturated carbocycles. The second kappa shape index (κ2) is 6.76. The zero-order valence-electron chi connectivity index (χ0n) is 11.2. The lowest BCUT2D eigenvalue weighted by Crippen LogP contribution is -2.43. The molecular weight excluding hydrogens is 309 g/mol. The summed E-state index contributed by atoms with van der Waals surface area (Å²) in [5.41, 5.74) is -0.996. The largest absolute Gasteiger partial charge is 0.419 e. The lowest BCUT2D eigenvalue weighted by molar-refractivity contribution is -0.137. The molecule has 1 saturated heterocycles. The van der Waals surface area contributed by atoms with Crippen molar-refractivity contribution in [2.75, 3.05) is 31.6 Å². The minimum atomic E-state index is -4.56. The van der Waals surface area contributed by atoms with Crippen LogP contribution in [0.2, 0.25) is 5.15 Å². The van der Waals surface area contributed by atoms with Crippen molar-refractivity contribution in [1.82, 2.24) is 15.1 Å². The Balaban J connectivity index is 2.06. The highest BCUT2D eigenvalue weighted by atomic mass is 35.5. The highest BCUT2D eigenvalue weighted by Crippen LogP contribution is 2.34. The predicted molar refractivity (Wildman–Crippen MR) is 72.2 cm³/mol. The molecule has 9 heteroatoms. The maximum Gasteiger partial charge on any atom is 0.419 e. The summed E-state index contributed by atoms with van der Waals surface area (Å²) in [6.07, 6.45) is -2.82. The number of nitrogens with zero attached hydrogens (tertiary/aromatic N) is 3. The van der Waals surface area contributed by atoms with Crippen LogP contribution in [0.5, 0.6) is 0 Å². The standard InChI is InChI=1S/C12H16ClF3N4O/c13-11-9(12(14,15)16)6-10(18-19-11)17-8-2-1-3-20(7-8)4-5-21/h6,8,21H,1-5,7H2,(H,17,18). The highest BCUT2D eigenvalue weighted by Gasteiger charge is 2.35. The van der Waals surface area contributed by atoms with Gasteiger partial charge in [-0.3, -0.25) is 4.90 Å². The minimum absolute atomic E-state index is 0.0261. The quantitative estimate of drug-likeness (QED) is 0.887. The molecule has 5 nitrogen and oxygen atoms in total. The van der Waals surface area contributed by atoms with Gasteiger partial charge >= 0.3 is 6.18 Å². The maximum atomic E-state index is 12.8. The summed E-state index contributed by atoms with van der Waals surface area (Å²) in [5.74, 6) is 0.0579. The van der Waals surface area contributed by atoms with Crippen LogP contribution >= 0.6 is 11.6 Å². The molecule has 0 spiro atoms. The van der Waals surface area contributed by atoms with Crippen molar-refractivity contribution >= 4 is 17.4 Å². The van der Waals surface area contributed by atoms with Crippen LogP contribution in [0.25, 0.3) is 0 Å². The van der Waals surface area contributed by atoms with E-state index >= 15 is 0 Å². The number of β-amino-alcohol motifs (C(OH)–C–C–N with tert-alkyl or cyclic N) is 1. The fraction of sp³-hybridized carbons (Fsp3) is 0.667. The first-order chi connectivity index (χ1) is 9.90. The second-order valence-corrected chi connectivity index (χ2v) is 5.30. The predicted octanol–water partition coefficient (Wildman–Crippen LogP) is 2.02. The molecule has 0 aliphatic carbocycles. The van der Waals surface area contributed by atoms with Crippen LogP contribution in [0.4, 0.5) is 19.0 Å². The Kier molecular flexibility index (Phi) is 5.23. The SMILES string of the molecule is OCCN1CCCC(Nc2cc(C(F)(F)F)c(Cl)nn2)C1. The maximum absolute atomic E-state index is 12.8. The number of aliphatic hydroxyl groups is 1. The van der Waals surface area contributed by atoms with Crippen molar-refractivity contribution < 1.29 is 18.3 Å². The van der Waals surface area contributed by atoms with Gasteiger partial charge in [-0.15, -0.1) is 10.2 Å². The summed E-state index contributed by atoms with van der Waals surface area (Å²) in [5, 5.41) is 18.2. The molecule has 1 aliphatic rings. The van der Waals surface area contributed by atoms with Crippen LogP contribution in [0.3, 0.4) is 0 Å². The van der Waals surface area contributed by atoms with Crippen LogP contribution in [-0.2, 0) is 6.18 Å². The van der Waals surface area contributed by atoms with Crippen LogP contribution in [0.15, 0.2) is 6.07 Å². The zero-order valence-corrected chi connectivity index (χ0v) is 12.0. The molecule has 1 aromatic rings. The first-order valence-corrected chi connectivity index (χ1v) is 6.98. The summed E-state index contributed by atoms with van der Waals surface area (Å²) in [6.45, 7) is 2.13. The second-order valence-electron chi connectivity index (χ2n) is 4.94. The number of piperidine rings is 1. The van der Waals surface area contributed by atoms with E-state index in [2.05, 4.69) is 20.4 Å². The van der Waals surface area contributed by atoms with Gasteiger partial charge in [0.25, 0.3) is 0 Å². The lowest BCUT2D eigenvalue weighted by Gasteiger charge is -2.32. The monoisotopic (exact) mass is 324 g/mol. The molecule has 0 bridgehead atoms. The number of halogens is 4. The van der Waals surface area contributed by atoms with Crippen molar-refractivity contribution in [2.45, 2.75) is 25.1 Å². The topological polar surface area (TPSA) is 61.3 Å². The molecule has 21 heavy (non-hydrogen) atoms. The van der Waals surface area contributed by atoms with Gasteiger partial charge in [0, 0.05) is 19.1 Å². The molecule has 2 rings (SSSR count). The van der Waals surface area contributed by atoms with Crippen molar-refractivity contribution in [3.63, 3.8) is 0 Å². The summed E-state index contributed by atoms with van der Waals surface area (Å²) in [7, 11) is 0. The third kappa shape index (κ3) is 4.42. The third-order valence-electron chi connectivity index (χ3n) is 3.33. The van der Waals surface area contributed by atoms with Gasteiger partial charge in [0.15, 0.2) is 5.15 Å². The molecule has 1 aromatic heterocycles. The van der Waals surface area contributed by atoms with E-state index in [0.717, 1.165) is 25.5 Å². The smallest absolute Gasteiger partial charge is 0.395 e. The molecule has 0 amide bonds. The van der Waals surface area contributed by atoms with E-state index in [1.807, 2.05) is 0 Å². The molecule has 1 fully saturated rings. The van der Waals surface area contributed by atoms with Crippen molar-refractivity contribution in [1.29, 1.82) is 0 Å². The van der Waals surface area contributed by atoms with E-state index < -0.39 is 16.9 Å². The number of aromatic nitrogens is 2. The Labute approximate surface area is 125 Å². The third-order valence-corrected chi connectivity index (χ3v) is 3.61. The van der Waals surface area contributed by atoms with Gasteiger partial charge in [-0.1, -0.05) is 11.6 Å². The Morgan fingerprint density at radius 2 is 2.19 bits per heavy atom. The van der Waals surface area contributed by atoms with E-state index in [0.29, 0.717) is 13.1 Å². The summed E-state index contributed by atoms with van der Waals surface area (Å²) >= 11 is 5.43. The molecule has 0 radical (unpaired) electrons. The van der Waals surface area contributed by atoms with E-state index in [1.165, 1.54) is 0 Å². The Morgan fingerprint density at radius 1 is 1.43 bits per heavy atom. The zero-order chi connectivity index (χ0) is 15.5. The molecule has 1 unspecified atom stereocenters. The van der Waals surface area contributed by atoms with Crippen LogP contribution in [0.1, 0.15) is 18.4 Å². The highest BCUT2D eigenvalue weighted by molar-refractivity contribution is 6.30. The number of nitrogens with one attached hydrogen (secondary N) is 1. The number of alkyl halides is 3. The number of likely N-dealkylation sites (tertiary alicyclic amines) is 1. The number of rotatable bonds is 4. The summed E-state index contributed by atoms with van der Waals surface area (Å²) in [6, 6.07) is 0.849. The van der Waals surface area contributed by atoms with Gasteiger partial charge in [0.05, 0.1) is 12.2 Å².